The molecule has 5 heteroatoms. The Morgan fingerprint density at radius 2 is 1.94 bits per heavy atom. The fourth-order valence-corrected chi connectivity index (χ4v) is 3.23. The van der Waals surface area contributed by atoms with Crippen molar-refractivity contribution < 1.29 is 8.42 Å². The van der Waals surface area contributed by atoms with Gasteiger partial charge in [0.15, 0.2) is 0 Å². The summed E-state index contributed by atoms with van der Waals surface area (Å²) < 4.78 is 25.8. The smallest absolute Gasteiger partial charge is 0.207 e. The molecule has 0 amide bonds. The van der Waals surface area contributed by atoms with Crippen molar-refractivity contribution in [3.63, 3.8) is 0 Å². The fourth-order valence-electron chi connectivity index (χ4n) is 1.44. The molecule has 0 atom stereocenters. The van der Waals surface area contributed by atoms with E-state index in [4.69, 9.17) is 0 Å². The van der Waals surface area contributed by atoms with Crippen LogP contribution < -0.4 is 0 Å². The van der Waals surface area contributed by atoms with E-state index in [1.807, 2.05) is 19.1 Å². The van der Waals surface area contributed by atoms with E-state index in [0.717, 1.165) is 10.9 Å². The number of hydrogen-bond donors (Lipinski definition) is 0. The van der Waals surface area contributed by atoms with Gasteiger partial charge in [-0.2, -0.15) is 4.31 Å². The summed E-state index contributed by atoms with van der Waals surface area (Å²) >= 11 is 3.33. The van der Waals surface area contributed by atoms with E-state index in [0.29, 0.717) is 18.0 Å². The zero-order valence-corrected chi connectivity index (χ0v) is 12.2. The minimum Gasteiger partial charge on any atom is -0.207 e. The van der Waals surface area contributed by atoms with Crippen molar-refractivity contribution in [2.75, 3.05) is 13.1 Å². The molecule has 0 N–H and O–H groups in total. The Morgan fingerprint density at radius 1 is 1.35 bits per heavy atom. The third-order valence-electron chi connectivity index (χ3n) is 2.40. The first-order chi connectivity index (χ1) is 8.06. The van der Waals surface area contributed by atoms with Gasteiger partial charge >= 0.3 is 0 Å². The maximum Gasteiger partial charge on any atom is 0.243 e. The molecule has 0 aromatic heterocycles. The summed E-state index contributed by atoms with van der Waals surface area (Å²) in [5.74, 6) is 0. The summed E-state index contributed by atoms with van der Waals surface area (Å²) in [6.45, 7) is 6.16. The summed E-state index contributed by atoms with van der Waals surface area (Å²) in [7, 11) is -3.39. The lowest BCUT2D eigenvalue weighted by Gasteiger charge is -2.18. The minimum absolute atomic E-state index is 0.325. The molecule has 0 unspecified atom stereocenters. The molecule has 3 nitrogen and oxygen atoms in total. The zero-order valence-electron chi connectivity index (χ0n) is 9.77. The van der Waals surface area contributed by atoms with Crippen LogP contribution in [0.3, 0.4) is 0 Å². The molecule has 0 bridgehead atoms. The molecule has 0 radical (unpaired) electrons. The van der Waals surface area contributed by atoms with Crippen LogP contribution in [-0.2, 0) is 15.4 Å². The first-order valence-electron chi connectivity index (χ1n) is 5.32. The number of rotatable bonds is 6. The molecule has 1 aromatic carbocycles. The van der Waals surface area contributed by atoms with Gasteiger partial charge in [-0.05, 0) is 17.7 Å². The van der Waals surface area contributed by atoms with Crippen LogP contribution in [0.15, 0.2) is 41.8 Å². The van der Waals surface area contributed by atoms with E-state index in [9.17, 15) is 8.42 Å². The number of hydrogen-bond acceptors (Lipinski definition) is 2. The van der Waals surface area contributed by atoms with Crippen LogP contribution in [0.1, 0.15) is 12.5 Å². The van der Waals surface area contributed by atoms with Crippen LogP contribution in [0.2, 0.25) is 0 Å². The average Bonchev–Trinajstić information content (AvgIpc) is 2.35. The zero-order chi connectivity index (χ0) is 12.9. The van der Waals surface area contributed by atoms with Gasteiger partial charge in [-0.3, -0.25) is 0 Å². The molecule has 0 heterocycles. The number of sulfonamides is 1. The second kappa shape index (κ2) is 6.33. The van der Waals surface area contributed by atoms with Crippen molar-refractivity contribution in [2.24, 2.45) is 0 Å². The molecule has 0 saturated carbocycles. The highest BCUT2D eigenvalue weighted by atomic mass is 79.9. The highest BCUT2D eigenvalue weighted by Crippen LogP contribution is 2.17. The van der Waals surface area contributed by atoms with Crippen LogP contribution in [0, 0.1) is 0 Å². The van der Waals surface area contributed by atoms with Gasteiger partial charge in [0.1, 0.15) is 0 Å². The molecular formula is C12H16BrNO2S. The van der Waals surface area contributed by atoms with Gasteiger partial charge in [0.05, 0.1) is 4.90 Å². The number of likely N-dealkylation sites (N-methyl/N-ethyl adjacent to an activating group) is 1. The number of nitrogens with zero attached hydrogens (tertiary/aromatic N) is 1. The van der Waals surface area contributed by atoms with E-state index in [-0.39, 0.29) is 0 Å². The van der Waals surface area contributed by atoms with Crippen molar-refractivity contribution in [2.45, 2.75) is 17.1 Å². The monoisotopic (exact) mass is 317 g/mol. The van der Waals surface area contributed by atoms with Gasteiger partial charge < -0.3 is 0 Å². The van der Waals surface area contributed by atoms with Gasteiger partial charge in [0.25, 0.3) is 0 Å². The first kappa shape index (κ1) is 14.4. The van der Waals surface area contributed by atoms with Crippen molar-refractivity contribution in [1.82, 2.24) is 4.31 Å². The van der Waals surface area contributed by atoms with Crippen molar-refractivity contribution >= 4 is 26.0 Å². The molecule has 0 aliphatic heterocycles. The first-order valence-corrected chi connectivity index (χ1v) is 7.88. The van der Waals surface area contributed by atoms with Crippen molar-refractivity contribution in [1.29, 1.82) is 0 Å². The molecule has 0 aliphatic rings. The topological polar surface area (TPSA) is 37.4 Å². The third kappa shape index (κ3) is 3.40. The van der Waals surface area contributed by atoms with Crippen LogP contribution in [0.5, 0.6) is 0 Å². The lowest BCUT2D eigenvalue weighted by atomic mass is 10.2. The van der Waals surface area contributed by atoms with E-state index >= 15 is 0 Å². The Balaban J connectivity index is 3.06. The summed E-state index contributed by atoms with van der Waals surface area (Å²) in [4.78, 5) is 0.325. The van der Waals surface area contributed by atoms with E-state index in [1.54, 1.807) is 18.2 Å². The summed E-state index contributed by atoms with van der Waals surface area (Å²) in [5, 5.41) is 0.720. The summed E-state index contributed by atoms with van der Waals surface area (Å²) in [5.41, 5.74) is 1.05. The second-order valence-electron chi connectivity index (χ2n) is 3.52. The molecule has 1 aromatic rings. The van der Waals surface area contributed by atoms with Gasteiger partial charge in [-0.25, -0.2) is 8.42 Å². The van der Waals surface area contributed by atoms with E-state index in [2.05, 4.69) is 22.5 Å². The van der Waals surface area contributed by atoms with Crippen LogP contribution >= 0.6 is 15.9 Å². The lowest BCUT2D eigenvalue weighted by molar-refractivity contribution is 0.460. The molecule has 0 fully saturated rings. The maximum absolute atomic E-state index is 12.2. The van der Waals surface area contributed by atoms with Crippen LogP contribution in [0.25, 0.3) is 0 Å². The minimum atomic E-state index is -3.39. The Hall–Kier alpha value is -0.650. The standard InChI is InChI=1S/C12H16BrNO2S/c1-3-9-14(4-2)17(15,16)12-7-5-11(10-13)6-8-12/h3,5-8H,1,4,9-10H2,2H3. The largest absolute Gasteiger partial charge is 0.243 e. The molecule has 17 heavy (non-hydrogen) atoms. The molecule has 1 rings (SSSR count). The molecule has 0 saturated heterocycles. The molecule has 0 aliphatic carbocycles. The Labute approximate surface area is 111 Å². The average molecular weight is 318 g/mol. The predicted molar refractivity (Wildman–Crippen MR) is 73.7 cm³/mol. The SMILES string of the molecule is C=CCN(CC)S(=O)(=O)c1ccc(CBr)cc1. The number of benzene rings is 1. The highest BCUT2D eigenvalue weighted by Gasteiger charge is 2.21. The lowest BCUT2D eigenvalue weighted by Crippen LogP contribution is -2.30. The quantitative estimate of drug-likeness (QED) is 0.597. The third-order valence-corrected chi connectivity index (χ3v) is 5.00. The molecule has 0 spiro atoms. The summed E-state index contributed by atoms with van der Waals surface area (Å²) in [6, 6.07) is 6.89. The number of halogens is 1. The fraction of sp³-hybridized carbons (Fsp3) is 0.333. The Morgan fingerprint density at radius 3 is 2.35 bits per heavy atom. The van der Waals surface area contributed by atoms with Gasteiger partial charge in [0.2, 0.25) is 10.0 Å². The van der Waals surface area contributed by atoms with Gasteiger partial charge in [0, 0.05) is 18.4 Å². The van der Waals surface area contributed by atoms with Gasteiger partial charge in [-0.15, -0.1) is 6.58 Å². The van der Waals surface area contributed by atoms with Crippen molar-refractivity contribution in [3.05, 3.63) is 42.5 Å². The van der Waals surface area contributed by atoms with E-state index in [1.165, 1.54) is 4.31 Å². The molecular weight excluding hydrogens is 302 g/mol. The summed E-state index contributed by atoms with van der Waals surface area (Å²) in [6.07, 6.45) is 1.59. The van der Waals surface area contributed by atoms with Crippen molar-refractivity contribution in [3.8, 4) is 0 Å². The van der Waals surface area contributed by atoms with Crippen LogP contribution in [-0.4, -0.2) is 25.8 Å². The highest BCUT2D eigenvalue weighted by molar-refractivity contribution is 9.08. The second-order valence-corrected chi connectivity index (χ2v) is 6.02. The predicted octanol–water partition coefficient (Wildman–Crippen LogP) is 2.78. The number of alkyl halides is 1. The Bertz CT molecular complexity index is 468. The maximum atomic E-state index is 12.2. The Kier molecular flexibility index (Phi) is 5.36. The van der Waals surface area contributed by atoms with E-state index < -0.39 is 10.0 Å². The molecule has 94 valence electrons. The van der Waals surface area contributed by atoms with Gasteiger partial charge in [-0.1, -0.05) is 41.1 Å². The normalized spacial score (nSPS) is 11.7. The van der Waals surface area contributed by atoms with Crippen LogP contribution in [0.4, 0.5) is 0 Å².